The minimum atomic E-state index is 0.173. The summed E-state index contributed by atoms with van der Waals surface area (Å²) in [4.78, 5) is 0. The molecule has 0 aliphatic heterocycles. The van der Waals surface area contributed by atoms with Gasteiger partial charge in [0.25, 0.3) is 0 Å². The fourth-order valence-corrected chi connectivity index (χ4v) is 2.99. The molecule has 1 nitrogen and oxygen atoms in total. The maximum absolute atomic E-state index is 10.4. The monoisotopic (exact) mass is 334 g/mol. The molecular weight excluding hydrogens is 292 g/mol. The van der Waals surface area contributed by atoms with Gasteiger partial charge < -0.3 is 5.11 Å². The molecule has 0 fully saturated rings. The normalized spacial score (nSPS) is 15.3. The highest BCUT2D eigenvalue weighted by Crippen LogP contribution is 2.34. The molecule has 0 bridgehead atoms. The number of allylic oxidation sites excluding steroid dienone is 5. The maximum Gasteiger partial charge on any atom is 0.121 e. The Kier molecular flexibility index (Phi) is 11.9. The molecule has 1 rings (SSSR count). The van der Waals surface area contributed by atoms with Crippen molar-refractivity contribution in [2.45, 2.75) is 106 Å². The summed E-state index contributed by atoms with van der Waals surface area (Å²) in [5, 5.41) is 10.4. The lowest BCUT2D eigenvalue weighted by Gasteiger charge is -2.21. The van der Waals surface area contributed by atoms with E-state index in [0.29, 0.717) is 5.76 Å². The standard InChI is InChI=1S/C21H36O.C2H6/c1-6-7-8-9-10-11-12-13-18-14-15-19(21(3,4)5)16-17(2)20(18)22;1-2/h14,16,22H,6-13,15H2,1-5H3;1-2H3. The lowest BCUT2D eigenvalue weighted by Crippen LogP contribution is -2.08. The number of rotatable bonds is 8. The summed E-state index contributed by atoms with van der Waals surface area (Å²) in [6, 6.07) is 0. The third-order valence-electron chi connectivity index (χ3n) is 4.65. The van der Waals surface area contributed by atoms with Crippen molar-refractivity contribution < 1.29 is 5.11 Å². The second-order valence-electron chi connectivity index (χ2n) is 7.76. The molecule has 0 spiro atoms. The molecule has 0 saturated carbocycles. The summed E-state index contributed by atoms with van der Waals surface area (Å²) < 4.78 is 0. The molecule has 0 amide bonds. The Morgan fingerprint density at radius 1 is 0.958 bits per heavy atom. The van der Waals surface area contributed by atoms with Crippen LogP contribution in [-0.4, -0.2) is 5.11 Å². The van der Waals surface area contributed by atoms with Gasteiger partial charge in [0.05, 0.1) is 0 Å². The average molecular weight is 335 g/mol. The van der Waals surface area contributed by atoms with Gasteiger partial charge in [0.15, 0.2) is 0 Å². The van der Waals surface area contributed by atoms with E-state index < -0.39 is 0 Å². The predicted molar refractivity (Wildman–Crippen MR) is 110 cm³/mol. The summed E-state index contributed by atoms with van der Waals surface area (Å²) in [6.07, 6.45) is 15.7. The molecule has 0 aromatic heterocycles. The van der Waals surface area contributed by atoms with E-state index in [9.17, 15) is 5.11 Å². The van der Waals surface area contributed by atoms with Crippen LogP contribution in [-0.2, 0) is 0 Å². The van der Waals surface area contributed by atoms with Crippen LogP contribution in [0.3, 0.4) is 0 Å². The SMILES string of the molecule is CC.CCCCCCCCCC1=CCC(C(C)(C)C)=CC(C)=C1O. The van der Waals surface area contributed by atoms with Crippen molar-refractivity contribution >= 4 is 0 Å². The molecule has 0 unspecified atom stereocenters. The van der Waals surface area contributed by atoms with Gasteiger partial charge in [-0.3, -0.25) is 0 Å². The van der Waals surface area contributed by atoms with Gasteiger partial charge >= 0.3 is 0 Å². The van der Waals surface area contributed by atoms with Gasteiger partial charge in [0.2, 0.25) is 0 Å². The predicted octanol–water partition coefficient (Wildman–Crippen LogP) is 8.29. The van der Waals surface area contributed by atoms with Crippen molar-refractivity contribution in [1.82, 2.24) is 0 Å². The van der Waals surface area contributed by atoms with E-state index in [-0.39, 0.29) is 5.41 Å². The number of hydrogen-bond donors (Lipinski definition) is 1. The highest BCUT2D eigenvalue weighted by atomic mass is 16.3. The van der Waals surface area contributed by atoms with Crippen LogP contribution in [0.4, 0.5) is 0 Å². The molecule has 140 valence electrons. The zero-order chi connectivity index (χ0) is 18.6. The number of unbranched alkanes of at least 4 members (excludes halogenated alkanes) is 6. The Balaban J connectivity index is 0.00000254. The summed E-state index contributed by atoms with van der Waals surface area (Å²) in [6.45, 7) is 15.0. The van der Waals surface area contributed by atoms with Crippen LogP contribution in [0.25, 0.3) is 0 Å². The second-order valence-corrected chi connectivity index (χ2v) is 7.76. The van der Waals surface area contributed by atoms with E-state index in [0.717, 1.165) is 24.0 Å². The Bertz CT molecular complexity index is 429. The van der Waals surface area contributed by atoms with Crippen molar-refractivity contribution in [2.24, 2.45) is 5.41 Å². The van der Waals surface area contributed by atoms with Gasteiger partial charge in [-0.2, -0.15) is 0 Å². The van der Waals surface area contributed by atoms with E-state index in [1.165, 1.54) is 50.5 Å². The fourth-order valence-electron chi connectivity index (χ4n) is 2.99. The second kappa shape index (κ2) is 12.4. The smallest absolute Gasteiger partial charge is 0.121 e. The Hall–Kier alpha value is -0.980. The lowest BCUT2D eigenvalue weighted by molar-refractivity contribution is 0.412. The molecule has 0 aromatic rings. The largest absolute Gasteiger partial charge is 0.507 e. The molecule has 1 heteroatoms. The van der Waals surface area contributed by atoms with Crippen LogP contribution in [0.1, 0.15) is 106 Å². The van der Waals surface area contributed by atoms with Crippen molar-refractivity contribution in [3.8, 4) is 0 Å². The van der Waals surface area contributed by atoms with Gasteiger partial charge in [0, 0.05) is 0 Å². The first-order valence-electron chi connectivity index (χ1n) is 10.2. The first kappa shape index (κ1) is 23.0. The third-order valence-corrected chi connectivity index (χ3v) is 4.65. The minimum Gasteiger partial charge on any atom is -0.507 e. The molecule has 0 aromatic carbocycles. The highest BCUT2D eigenvalue weighted by Gasteiger charge is 2.19. The Morgan fingerprint density at radius 3 is 2.04 bits per heavy atom. The van der Waals surface area contributed by atoms with Crippen LogP contribution in [0.5, 0.6) is 0 Å². The summed E-state index contributed by atoms with van der Waals surface area (Å²) in [7, 11) is 0. The lowest BCUT2D eigenvalue weighted by atomic mass is 9.84. The van der Waals surface area contributed by atoms with E-state index in [1.807, 2.05) is 20.8 Å². The molecule has 0 radical (unpaired) electrons. The van der Waals surface area contributed by atoms with Crippen molar-refractivity contribution in [3.05, 3.63) is 34.6 Å². The van der Waals surface area contributed by atoms with Crippen LogP contribution in [0.2, 0.25) is 0 Å². The van der Waals surface area contributed by atoms with Crippen LogP contribution < -0.4 is 0 Å². The van der Waals surface area contributed by atoms with Crippen LogP contribution >= 0.6 is 0 Å². The van der Waals surface area contributed by atoms with Crippen LogP contribution in [0, 0.1) is 5.41 Å². The van der Waals surface area contributed by atoms with Gasteiger partial charge in [-0.15, -0.1) is 0 Å². The quantitative estimate of drug-likeness (QED) is 0.443. The first-order valence-corrected chi connectivity index (χ1v) is 10.2. The molecule has 0 atom stereocenters. The highest BCUT2D eigenvalue weighted by molar-refractivity contribution is 5.41. The number of aliphatic hydroxyl groups is 1. The Labute approximate surface area is 151 Å². The van der Waals surface area contributed by atoms with Crippen molar-refractivity contribution in [3.63, 3.8) is 0 Å². The summed E-state index contributed by atoms with van der Waals surface area (Å²) in [5.74, 6) is 0.519. The van der Waals surface area contributed by atoms with E-state index in [1.54, 1.807) is 0 Å². The molecule has 1 aliphatic carbocycles. The van der Waals surface area contributed by atoms with Gasteiger partial charge in [-0.1, -0.05) is 97.8 Å². The van der Waals surface area contributed by atoms with Crippen molar-refractivity contribution in [2.75, 3.05) is 0 Å². The molecular formula is C23H42O. The van der Waals surface area contributed by atoms with Crippen molar-refractivity contribution in [1.29, 1.82) is 0 Å². The number of aliphatic hydroxyl groups excluding tert-OH is 1. The van der Waals surface area contributed by atoms with E-state index in [2.05, 4.69) is 39.8 Å². The Morgan fingerprint density at radius 2 is 1.50 bits per heavy atom. The van der Waals surface area contributed by atoms with Gasteiger partial charge in [-0.05, 0) is 42.7 Å². The van der Waals surface area contributed by atoms with Gasteiger partial charge in [-0.25, -0.2) is 0 Å². The summed E-state index contributed by atoms with van der Waals surface area (Å²) in [5.41, 5.74) is 3.76. The maximum atomic E-state index is 10.4. The molecule has 1 N–H and O–H groups in total. The average Bonchev–Trinajstić information content (AvgIpc) is 2.69. The van der Waals surface area contributed by atoms with Crippen LogP contribution in [0.15, 0.2) is 34.6 Å². The third kappa shape index (κ3) is 8.76. The van der Waals surface area contributed by atoms with E-state index in [4.69, 9.17) is 0 Å². The molecule has 0 saturated heterocycles. The number of hydrogen-bond acceptors (Lipinski definition) is 1. The zero-order valence-electron chi connectivity index (χ0n) is 17.5. The topological polar surface area (TPSA) is 20.2 Å². The molecule has 1 aliphatic rings. The minimum absolute atomic E-state index is 0.173. The zero-order valence-corrected chi connectivity index (χ0v) is 17.5. The fraction of sp³-hybridized carbons (Fsp3) is 0.739. The first-order chi connectivity index (χ1) is 11.4. The molecule has 0 heterocycles. The van der Waals surface area contributed by atoms with Gasteiger partial charge in [0.1, 0.15) is 5.76 Å². The molecule has 24 heavy (non-hydrogen) atoms. The summed E-state index contributed by atoms with van der Waals surface area (Å²) >= 11 is 0. The van der Waals surface area contributed by atoms with E-state index >= 15 is 0 Å².